The first kappa shape index (κ1) is 16.3. The predicted octanol–water partition coefficient (Wildman–Crippen LogP) is 1.91. The molecule has 1 N–H and O–H groups in total. The number of carbonyl (C=O) groups excluding carboxylic acids is 1. The predicted molar refractivity (Wildman–Crippen MR) is 90.6 cm³/mol. The molecule has 2 aliphatic rings. The molecule has 0 saturated carbocycles. The number of urea groups is 1. The summed E-state index contributed by atoms with van der Waals surface area (Å²) in [4.78, 5) is 16.8. The van der Waals surface area contributed by atoms with Crippen LogP contribution in [-0.2, 0) is 4.74 Å². The fourth-order valence-corrected chi connectivity index (χ4v) is 3.62. The zero-order valence-electron chi connectivity index (χ0n) is 13.9. The van der Waals surface area contributed by atoms with Crippen molar-refractivity contribution >= 4 is 6.03 Å². The number of nitrogens with zero attached hydrogens (tertiary/aromatic N) is 2. The Morgan fingerprint density at radius 3 is 2.70 bits per heavy atom. The van der Waals surface area contributed by atoms with Gasteiger partial charge in [-0.1, -0.05) is 30.3 Å². The summed E-state index contributed by atoms with van der Waals surface area (Å²) in [6, 6.07) is 10.9. The molecule has 23 heavy (non-hydrogen) atoms. The molecule has 2 atom stereocenters. The van der Waals surface area contributed by atoms with E-state index in [0.717, 1.165) is 45.8 Å². The van der Waals surface area contributed by atoms with Crippen molar-refractivity contribution in [2.45, 2.75) is 25.3 Å². The highest BCUT2D eigenvalue weighted by Crippen LogP contribution is 2.32. The van der Waals surface area contributed by atoms with Crippen LogP contribution >= 0.6 is 0 Å². The Hall–Kier alpha value is -1.59. The second kappa shape index (κ2) is 7.79. The summed E-state index contributed by atoms with van der Waals surface area (Å²) in [6.45, 7) is 8.14. The summed E-state index contributed by atoms with van der Waals surface area (Å²) in [5.74, 6) is 0.446. The lowest BCUT2D eigenvalue weighted by Gasteiger charge is -2.28. The van der Waals surface area contributed by atoms with Crippen LogP contribution in [0.5, 0.6) is 0 Å². The lowest BCUT2D eigenvalue weighted by Crippen LogP contribution is -2.46. The van der Waals surface area contributed by atoms with Gasteiger partial charge in [0.1, 0.15) is 0 Å². The Balaban J connectivity index is 1.46. The number of hydrogen-bond donors (Lipinski definition) is 1. The van der Waals surface area contributed by atoms with E-state index in [9.17, 15) is 4.79 Å². The third-order valence-corrected chi connectivity index (χ3v) is 5.05. The Bertz CT molecular complexity index is 502. The van der Waals surface area contributed by atoms with E-state index in [1.54, 1.807) is 0 Å². The molecule has 2 unspecified atom stereocenters. The summed E-state index contributed by atoms with van der Waals surface area (Å²) in [5.41, 5.74) is 1.34. The normalized spacial score (nSPS) is 25.5. The van der Waals surface area contributed by atoms with Crippen LogP contribution < -0.4 is 5.32 Å². The first-order chi connectivity index (χ1) is 11.3. The van der Waals surface area contributed by atoms with E-state index in [4.69, 9.17) is 4.74 Å². The van der Waals surface area contributed by atoms with Gasteiger partial charge in [-0.3, -0.25) is 4.90 Å². The third-order valence-electron chi connectivity index (χ3n) is 5.05. The molecule has 0 bridgehead atoms. The van der Waals surface area contributed by atoms with E-state index >= 15 is 0 Å². The van der Waals surface area contributed by atoms with Gasteiger partial charge in [0.25, 0.3) is 0 Å². The molecule has 2 aliphatic heterocycles. The molecule has 1 aromatic rings. The number of ether oxygens (including phenoxy) is 1. The third kappa shape index (κ3) is 4.03. The van der Waals surface area contributed by atoms with Crippen LogP contribution in [-0.4, -0.2) is 67.8 Å². The minimum Gasteiger partial charge on any atom is -0.379 e. The van der Waals surface area contributed by atoms with E-state index in [1.807, 2.05) is 11.0 Å². The minimum absolute atomic E-state index is 0.0733. The molecule has 2 amide bonds. The molecular formula is C18H27N3O2. The Morgan fingerprint density at radius 1 is 1.22 bits per heavy atom. The average molecular weight is 317 g/mol. The van der Waals surface area contributed by atoms with Crippen LogP contribution in [0.25, 0.3) is 0 Å². The second-order valence-corrected chi connectivity index (χ2v) is 6.43. The summed E-state index contributed by atoms with van der Waals surface area (Å²) >= 11 is 0. The van der Waals surface area contributed by atoms with Crippen molar-refractivity contribution in [2.75, 3.05) is 45.9 Å². The minimum atomic E-state index is 0.0733. The number of rotatable bonds is 4. The van der Waals surface area contributed by atoms with Gasteiger partial charge in [-0.25, -0.2) is 4.79 Å². The molecule has 0 aliphatic carbocycles. The van der Waals surface area contributed by atoms with Crippen LogP contribution in [0.2, 0.25) is 0 Å². The molecule has 0 radical (unpaired) electrons. The first-order valence-corrected chi connectivity index (χ1v) is 8.65. The molecule has 2 heterocycles. The van der Waals surface area contributed by atoms with Crippen LogP contribution in [0.4, 0.5) is 4.79 Å². The smallest absolute Gasteiger partial charge is 0.317 e. The van der Waals surface area contributed by atoms with Gasteiger partial charge in [-0.05, 0) is 18.9 Å². The quantitative estimate of drug-likeness (QED) is 0.922. The molecule has 0 aromatic heterocycles. The lowest BCUT2D eigenvalue weighted by molar-refractivity contribution is 0.0385. The highest BCUT2D eigenvalue weighted by molar-refractivity contribution is 5.75. The van der Waals surface area contributed by atoms with Gasteiger partial charge >= 0.3 is 6.03 Å². The zero-order valence-corrected chi connectivity index (χ0v) is 13.9. The van der Waals surface area contributed by atoms with Gasteiger partial charge in [0.2, 0.25) is 0 Å². The first-order valence-electron chi connectivity index (χ1n) is 8.65. The average Bonchev–Trinajstić information content (AvgIpc) is 2.98. The number of carbonyl (C=O) groups is 1. The fraction of sp³-hybridized carbons (Fsp3) is 0.611. The van der Waals surface area contributed by atoms with Crippen molar-refractivity contribution in [3.8, 4) is 0 Å². The maximum Gasteiger partial charge on any atom is 0.317 e. The molecule has 1 aromatic carbocycles. The molecule has 0 spiro atoms. The summed E-state index contributed by atoms with van der Waals surface area (Å²) in [5, 5.41) is 3.08. The second-order valence-electron chi connectivity index (χ2n) is 6.43. The van der Waals surface area contributed by atoms with E-state index in [1.165, 1.54) is 5.56 Å². The summed E-state index contributed by atoms with van der Waals surface area (Å²) in [7, 11) is 0. The van der Waals surface area contributed by atoms with Crippen molar-refractivity contribution in [1.82, 2.24) is 15.1 Å². The van der Waals surface area contributed by atoms with Crippen molar-refractivity contribution in [3.63, 3.8) is 0 Å². The van der Waals surface area contributed by atoms with E-state index in [-0.39, 0.29) is 12.1 Å². The van der Waals surface area contributed by atoms with Crippen LogP contribution in [0.15, 0.2) is 30.3 Å². The molecule has 3 rings (SSSR count). The van der Waals surface area contributed by atoms with E-state index in [2.05, 4.69) is 41.4 Å². The number of morpholine rings is 1. The van der Waals surface area contributed by atoms with Gasteiger partial charge in [0.15, 0.2) is 0 Å². The van der Waals surface area contributed by atoms with Gasteiger partial charge in [0, 0.05) is 44.7 Å². The van der Waals surface area contributed by atoms with Crippen molar-refractivity contribution < 1.29 is 9.53 Å². The van der Waals surface area contributed by atoms with E-state index < -0.39 is 0 Å². The van der Waals surface area contributed by atoms with Gasteiger partial charge in [-0.2, -0.15) is 0 Å². The molecular weight excluding hydrogens is 290 g/mol. The highest BCUT2D eigenvalue weighted by Gasteiger charge is 2.34. The topological polar surface area (TPSA) is 44.8 Å². The fourth-order valence-electron chi connectivity index (χ4n) is 3.62. The molecule has 2 saturated heterocycles. The number of likely N-dealkylation sites (tertiary alicyclic amines) is 1. The number of benzene rings is 1. The van der Waals surface area contributed by atoms with Crippen molar-refractivity contribution in [3.05, 3.63) is 35.9 Å². The van der Waals surface area contributed by atoms with Gasteiger partial charge in [0.05, 0.1) is 13.2 Å². The lowest BCUT2D eigenvalue weighted by atomic mass is 9.93. The Morgan fingerprint density at radius 2 is 1.96 bits per heavy atom. The van der Waals surface area contributed by atoms with Gasteiger partial charge < -0.3 is 15.0 Å². The molecule has 5 nitrogen and oxygen atoms in total. The Kier molecular flexibility index (Phi) is 5.51. The number of nitrogens with one attached hydrogen (secondary N) is 1. The number of hydrogen-bond acceptors (Lipinski definition) is 3. The van der Waals surface area contributed by atoms with E-state index in [0.29, 0.717) is 12.5 Å². The van der Waals surface area contributed by atoms with Crippen LogP contribution in [0, 0.1) is 0 Å². The van der Waals surface area contributed by atoms with Crippen molar-refractivity contribution in [2.24, 2.45) is 0 Å². The largest absolute Gasteiger partial charge is 0.379 e. The van der Waals surface area contributed by atoms with Crippen LogP contribution in [0.1, 0.15) is 24.8 Å². The monoisotopic (exact) mass is 317 g/mol. The molecule has 2 fully saturated rings. The van der Waals surface area contributed by atoms with Crippen molar-refractivity contribution in [1.29, 1.82) is 0 Å². The molecule has 126 valence electrons. The standard InChI is InChI=1S/C18H27N3O2/c1-15-17(16-5-3-2-4-6-16)7-9-21(15)18(22)19-8-10-20-11-13-23-14-12-20/h2-6,15,17H,7-14H2,1H3,(H,19,22). The summed E-state index contributed by atoms with van der Waals surface area (Å²) in [6.07, 6.45) is 1.04. The Labute approximate surface area is 138 Å². The SMILES string of the molecule is CC1C(c2ccccc2)CCN1C(=O)NCCN1CCOCC1. The number of amides is 2. The van der Waals surface area contributed by atoms with Gasteiger partial charge in [-0.15, -0.1) is 0 Å². The maximum atomic E-state index is 12.4. The van der Waals surface area contributed by atoms with Crippen LogP contribution in [0.3, 0.4) is 0 Å². The maximum absolute atomic E-state index is 12.4. The highest BCUT2D eigenvalue weighted by atomic mass is 16.5. The molecule has 5 heteroatoms. The zero-order chi connectivity index (χ0) is 16.1. The summed E-state index contributed by atoms with van der Waals surface area (Å²) < 4.78 is 5.34.